The van der Waals surface area contributed by atoms with Crippen molar-refractivity contribution in [2.24, 2.45) is 0 Å². The summed E-state index contributed by atoms with van der Waals surface area (Å²) in [5.41, 5.74) is 0. The predicted molar refractivity (Wildman–Crippen MR) is 117 cm³/mol. The number of hydrogen-bond acceptors (Lipinski definition) is 5. The number of ether oxygens (including phenoxy) is 1. The fraction of sp³-hybridized carbons (Fsp3) is 1.00. The van der Waals surface area contributed by atoms with Gasteiger partial charge >= 0.3 is 8.80 Å². The van der Waals surface area contributed by atoms with Crippen LogP contribution in [-0.4, -0.2) is 52.0 Å². The molecule has 0 aromatic heterocycles. The van der Waals surface area contributed by atoms with Crippen LogP contribution in [0.3, 0.4) is 0 Å². The molecule has 6 heteroatoms. The average molecular weight is 429 g/mol. The van der Waals surface area contributed by atoms with Crippen LogP contribution in [-0.2, 0) is 18.0 Å². The minimum Gasteiger partial charge on any atom is -0.396 e. The van der Waals surface area contributed by atoms with E-state index in [1.807, 2.05) is 0 Å². The lowest BCUT2D eigenvalue weighted by molar-refractivity contribution is 0.0116. The third kappa shape index (κ3) is 7.89. The van der Waals surface area contributed by atoms with Gasteiger partial charge in [-0.2, -0.15) is 0 Å². The topological polar surface area (TPSA) is 57.2 Å². The second-order valence-corrected chi connectivity index (χ2v) is 11.8. The fourth-order valence-electron chi connectivity index (χ4n) is 5.02. The molecular weight excluding hydrogens is 384 g/mol. The summed E-state index contributed by atoms with van der Waals surface area (Å²) in [6.07, 6.45) is 20.9. The highest BCUT2D eigenvalue weighted by Gasteiger charge is 2.62. The summed E-state index contributed by atoms with van der Waals surface area (Å²) in [7, 11) is -2.50. The van der Waals surface area contributed by atoms with E-state index in [2.05, 4.69) is 0 Å². The maximum atomic E-state index is 8.85. The van der Waals surface area contributed by atoms with Crippen molar-refractivity contribution in [2.45, 2.75) is 127 Å². The highest BCUT2D eigenvalue weighted by Crippen LogP contribution is 2.43. The van der Waals surface area contributed by atoms with Crippen molar-refractivity contribution in [2.75, 3.05) is 19.8 Å². The summed E-state index contributed by atoms with van der Waals surface area (Å²) in [6.45, 7) is 1.52. The summed E-state index contributed by atoms with van der Waals surface area (Å²) in [5.74, 6) is 0. The Morgan fingerprint density at radius 2 is 1.14 bits per heavy atom. The van der Waals surface area contributed by atoms with Crippen LogP contribution < -0.4 is 0 Å². The van der Waals surface area contributed by atoms with E-state index in [9.17, 15) is 0 Å². The van der Waals surface area contributed by atoms with Gasteiger partial charge in [-0.1, -0.05) is 77.0 Å². The van der Waals surface area contributed by atoms with E-state index in [0.717, 1.165) is 25.3 Å². The SMILES string of the molecule is OCCCOCCC[Si]12OC3CCCCCCCCCCCCCCC(O1)C3O2. The number of aliphatic hydroxyl groups is 1. The first-order valence-corrected chi connectivity index (χ1v) is 14.5. The van der Waals surface area contributed by atoms with Crippen molar-refractivity contribution in [3.8, 4) is 0 Å². The molecule has 1 aliphatic carbocycles. The molecule has 3 fully saturated rings. The van der Waals surface area contributed by atoms with Crippen LogP contribution in [0.2, 0.25) is 6.04 Å². The molecule has 0 spiro atoms. The minimum atomic E-state index is -2.50. The fourth-order valence-corrected chi connectivity index (χ4v) is 8.26. The van der Waals surface area contributed by atoms with Crippen LogP contribution in [0.1, 0.15) is 103 Å². The standard InChI is InChI=1S/C23H44O5Si/c24-17-13-18-25-19-14-20-29-26-21-15-11-9-7-5-3-1-2-4-6-8-10-12-16-22(27-29)23(21)28-29/h21-24H,1-20H2. The third-order valence-electron chi connectivity index (χ3n) is 6.66. The van der Waals surface area contributed by atoms with E-state index >= 15 is 0 Å². The molecular formula is C23H44O5Si. The molecule has 2 bridgehead atoms. The van der Waals surface area contributed by atoms with Gasteiger partial charge in [0.15, 0.2) is 0 Å². The number of hydrogen-bond donors (Lipinski definition) is 1. The van der Waals surface area contributed by atoms with Crippen LogP contribution in [0.4, 0.5) is 0 Å². The summed E-state index contributed by atoms with van der Waals surface area (Å²) in [4.78, 5) is 0. The zero-order valence-electron chi connectivity index (χ0n) is 18.5. The van der Waals surface area contributed by atoms with Crippen LogP contribution in [0.5, 0.6) is 0 Å². The molecule has 3 aliphatic rings. The molecule has 2 atom stereocenters. The highest BCUT2D eigenvalue weighted by atomic mass is 28.4. The third-order valence-corrected chi connectivity index (χ3v) is 9.58. The Balaban J connectivity index is 1.47. The molecule has 170 valence electrons. The lowest BCUT2D eigenvalue weighted by atomic mass is 9.97. The van der Waals surface area contributed by atoms with Crippen molar-refractivity contribution in [3.63, 3.8) is 0 Å². The van der Waals surface area contributed by atoms with Crippen LogP contribution >= 0.6 is 0 Å². The summed E-state index contributed by atoms with van der Waals surface area (Å²) in [5, 5.41) is 8.85. The Morgan fingerprint density at radius 3 is 1.66 bits per heavy atom. The molecule has 0 aromatic carbocycles. The summed E-state index contributed by atoms with van der Waals surface area (Å²) >= 11 is 0. The van der Waals surface area contributed by atoms with Crippen LogP contribution in [0, 0.1) is 0 Å². The van der Waals surface area contributed by atoms with Gasteiger partial charge in [0.05, 0.1) is 18.3 Å². The number of rotatable bonds is 7. The van der Waals surface area contributed by atoms with Gasteiger partial charge in [0, 0.05) is 25.9 Å². The van der Waals surface area contributed by atoms with E-state index in [0.29, 0.717) is 19.6 Å². The Morgan fingerprint density at radius 1 is 0.655 bits per heavy atom. The molecule has 3 rings (SSSR count). The minimum absolute atomic E-state index is 0.174. The van der Waals surface area contributed by atoms with Gasteiger partial charge in [0.25, 0.3) is 0 Å². The molecule has 29 heavy (non-hydrogen) atoms. The molecule has 0 amide bonds. The normalized spacial score (nSPS) is 34.9. The lowest BCUT2D eigenvalue weighted by Crippen LogP contribution is -2.46. The van der Waals surface area contributed by atoms with Crippen molar-refractivity contribution < 1.29 is 23.1 Å². The Kier molecular flexibility index (Phi) is 11.0. The highest BCUT2D eigenvalue weighted by molar-refractivity contribution is 6.62. The van der Waals surface area contributed by atoms with Gasteiger partial charge in [0.1, 0.15) is 0 Å². The smallest absolute Gasteiger partial charge is 0.396 e. The van der Waals surface area contributed by atoms with Crippen LogP contribution in [0.25, 0.3) is 0 Å². The van der Waals surface area contributed by atoms with Gasteiger partial charge in [-0.05, 0) is 25.7 Å². The van der Waals surface area contributed by atoms with E-state index < -0.39 is 8.80 Å². The van der Waals surface area contributed by atoms with E-state index in [1.165, 1.54) is 77.0 Å². The zero-order chi connectivity index (χ0) is 20.2. The lowest BCUT2D eigenvalue weighted by Gasteiger charge is -2.31. The molecule has 0 radical (unpaired) electrons. The Labute approximate surface area is 179 Å². The van der Waals surface area contributed by atoms with Crippen molar-refractivity contribution in [1.29, 1.82) is 0 Å². The van der Waals surface area contributed by atoms with Crippen molar-refractivity contribution >= 4 is 8.80 Å². The van der Waals surface area contributed by atoms with Crippen molar-refractivity contribution in [3.05, 3.63) is 0 Å². The van der Waals surface area contributed by atoms with Crippen LogP contribution in [0.15, 0.2) is 0 Å². The predicted octanol–water partition coefficient (Wildman–Crippen LogP) is 5.37. The summed E-state index contributed by atoms with van der Waals surface area (Å²) < 4.78 is 25.0. The first-order valence-electron chi connectivity index (χ1n) is 12.5. The molecule has 0 aromatic rings. The molecule has 1 saturated carbocycles. The molecule has 2 heterocycles. The average Bonchev–Trinajstić information content (AvgIpc) is 3.25. The first-order chi connectivity index (χ1) is 14.3. The molecule has 5 nitrogen and oxygen atoms in total. The quantitative estimate of drug-likeness (QED) is 0.436. The Bertz CT molecular complexity index is 404. The van der Waals surface area contributed by atoms with Gasteiger partial charge in [-0.25, -0.2) is 0 Å². The summed E-state index contributed by atoms with van der Waals surface area (Å²) in [6, 6.07) is 0.871. The Hall–Kier alpha value is 0.0169. The monoisotopic (exact) mass is 428 g/mol. The van der Waals surface area contributed by atoms with Gasteiger partial charge in [-0.3, -0.25) is 0 Å². The maximum Gasteiger partial charge on any atom is 0.502 e. The van der Waals surface area contributed by atoms with Gasteiger partial charge in [0.2, 0.25) is 0 Å². The zero-order valence-corrected chi connectivity index (χ0v) is 19.5. The second-order valence-electron chi connectivity index (χ2n) is 9.19. The molecule has 2 unspecified atom stereocenters. The first kappa shape index (κ1) is 23.7. The second kappa shape index (κ2) is 13.4. The van der Waals surface area contributed by atoms with E-state index in [1.54, 1.807) is 0 Å². The number of fused-ring (bicyclic) bond motifs is 1. The molecule has 1 N–H and O–H groups in total. The van der Waals surface area contributed by atoms with Gasteiger partial charge < -0.3 is 23.1 Å². The van der Waals surface area contributed by atoms with E-state index in [4.69, 9.17) is 23.1 Å². The largest absolute Gasteiger partial charge is 0.502 e. The van der Waals surface area contributed by atoms with Crippen molar-refractivity contribution in [1.82, 2.24) is 0 Å². The molecule has 2 saturated heterocycles. The molecule has 2 aliphatic heterocycles. The van der Waals surface area contributed by atoms with E-state index in [-0.39, 0.29) is 24.9 Å². The maximum absolute atomic E-state index is 8.85. The van der Waals surface area contributed by atoms with Gasteiger partial charge in [-0.15, -0.1) is 0 Å². The number of aliphatic hydroxyl groups excluding tert-OH is 1.